The van der Waals surface area contributed by atoms with Crippen molar-refractivity contribution in [1.29, 1.82) is 0 Å². The third-order valence-corrected chi connectivity index (χ3v) is 12.9. The minimum Gasteiger partial charge on any atom is -0.310 e. The zero-order chi connectivity index (χ0) is 39.4. The minimum absolute atomic E-state index is 0.604. The summed E-state index contributed by atoms with van der Waals surface area (Å²) >= 11 is 0. The van der Waals surface area contributed by atoms with Crippen LogP contribution in [0.25, 0.3) is 66.5 Å². The van der Waals surface area contributed by atoms with Crippen molar-refractivity contribution >= 4 is 49.9 Å². The number of para-hydroxylation sites is 5. The van der Waals surface area contributed by atoms with E-state index in [4.69, 9.17) is 4.98 Å². The van der Waals surface area contributed by atoms with Crippen molar-refractivity contribution in [3.63, 3.8) is 0 Å². The molecule has 0 radical (unpaired) electrons. The SMILES string of the molecule is c1ccc(-c2ccc(N(c3ccc4c(c3)c3ccccc3n4-c3ccccc3)c3cccc4c3-c3ccccc3C43c4ccccc4-n4c3nc3ccccc34)cc2)cc1. The molecule has 1 aliphatic carbocycles. The molecule has 11 aromatic rings. The Morgan fingerprint density at radius 3 is 1.90 bits per heavy atom. The van der Waals surface area contributed by atoms with Gasteiger partial charge in [-0.05, 0) is 106 Å². The smallest absolute Gasteiger partial charge is 0.134 e. The Morgan fingerprint density at radius 2 is 1.05 bits per heavy atom. The first kappa shape index (κ1) is 33.1. The number of imidazole rings is 1. The molecule has 0 saturated heterocycles. The summed E-state index contributed by atoms with van der Waals surface area (Å²) in [4.78, 5) is 7.98. The van der Waals surface area contributed by atoms with Crippen LogP contribution in [0.4, 0.5) is 17.1 Å². The number of rotatable bonds is 5. The van der Waals surface area contributed by atoms with Gasteiger partial charge in [0.15, 0.2) is 0 Å². The lowest BCUT2D eigenvalue weighted by Crippen LogP contribution is -2.27. The molecule has 1 spiro atoms. The topological polar surface area (TPSA) is 26.0 Å². The fourth-order valence-electron chi connectivity index (χ4n) is 10.5. The fraction of sp³-hybridized carbons (Fsp3) is 0.0179. The quantitative estimate of drug-likeness (QED) is 0.174. The van der Waals surface area contributed by atoms with E-state index >= 15 is 0 Å². The number of aromatic nitrogens is 3. The Morgan fingerprint density at radius 1 is 0.417 bits per heavy atom. The molecule has 1 aliphatic heterocycles. The van der Waals surface area contributed by atoms with Gasteiger partial charge >= 0.3 is 0 Å². The molecule has 280 valence electrons. The van der Waals surface area contributed by atoms with Crippen molar-refractivity contribution in [3.8, 4) is 33.6 Å². The number of hydrogen-bond acceptors (Lipinski definition) is 2. The summed E-state index contributed by atoms with van der Waals surface area (Å²) in [6.45, 7) is 0. The van der Waals surface area contributed by atoms with Crippen LogP contribution in [0.5, 0.6) is 0 Å². The highest BCUT2D eigenvalue weighted by molar-refractivity contribution is 6.11. The third kappa shape index (κ3) is 4.42. The molecule has 4 heteroatoms. The number of hydrogen-bond donors (Lipinski definition) is 0. The molecule has 2 aliphatic rings. The van der Waals surface area contributed by atoms with Gasteiger partial charge in [0.05, 0.1) is 33.4 Å². The fourth-order valence-corrected chi connectivity index (χ4v) is 10.5. The first-order chi connectivity index (χ1) is 29.8. The summed E-state index contributed by atoms with van der Waals surface area (Å²) in [6.07, 6.45) is 0. The number of benzene rings is 9. The van der Waals surface area contributed by atoms with Gasteiger partial charge in [-0.15, -0.1) is 0 Å². The summed E-state index contributed by atoms with van der Waals surface area (Å²) < 4.78 is 4.79. The molecule has 4 nitrogen and oxygen atoms in total. The zero-order valence-corrected chi connectivity index (χ0v) is 32.6. The van der Waals surface area contributed by atoms with Crippen LogP contribution in [0.1, 0.15) is 22.5 Å². The largest absolute Gasteiger partial charge is 0.310 e. The molecule has 60 heavy (non-hydrogen) atoms. The van der Waals surface area contributed by atoms with Gasteiger partial charge in [-0.1, -0.05) is 146 Å². The van der Waals surface area contributed by atoms with E-state index in [9.17, 15) is 0 Å². The van der Waals surface area contributed by atoms with Crippen LogP contribution in [-0.4, -0.2) is 14.1 Å². The van der Waals surface area contributed by atoms with Crippen LogP contribution in [0.3, 0.4) is 0 Å². The minimum atomic E-state index is -0.604. The van der Waals surface area contributed by atoms with Gasteiger partial charge < -0.3 is 9.47 Å². The molecule has 13 rings (SSSR count). The Labute approximate surface area is 347 Å². The average molecular weight is 765 g/mol. The first-order valence-electron chi connectivity index (χ1n) is 20.6. The van der Waals surface area contributed by atoms with Crippen molar-refractivity contribution in [2.24, 2.45) is 0 Å². The second kappa shape index (κ2) is 12.5. The molecule has 3 heterocycles. The molecular weight excluding hydrogens is 729 g/mol. The predicted octanol–water partition coefficient (Wildman–Crippen LogP) is 13.9. The van der Waals surface area contributed by atoms with Gasteiger partial charge in [-0.3, -0.25) is 4.57 Å². The van der Waals surface area contributed by atoms with Gasteiger partial charge in [-0.2, -0.15) is 0 Å². The Hall–Kier alpha value is -7.95. The Balaban J connectivity index is 1.10. The highest BCUT2D eigenvalue weighted by Gasteiger charge is 2.55. The summed E-state index contributed by atoms with van der Waals surface area (Å²) in [5, 5.41) is 2.43. The van der Waals surface area contributed by atoms with Gasteiger partial charge in [0, 0.05) is 33.4 Å². The monoisotopic (exact) mass is 764 g/mol. The van der Waals surface area contributed by atoms with Crippen molar-refractivity contribution < 1.29 is 0 Å². The summed E-state index contributed by atoms with van der Waals surface area (Å²) in [5.74, 6) is 1.04. The molecule has 9 aromatic carbocycles. The molecule has 0 bridgehead atoms. The van der Waals surface area contributed by atoms with Crippen molar-refractivity contribution in [1.82, 2.24) is 14.1 Å². The molecule has 1 unspecified atom stereocenters. The van der Waals surface area contributed by atoms with Gasteiger partial charge in [-0.25, -0.2) is 4.98 Å². The lowest BCUT2D eigenvalue weighted by atomic mass is 9.73. The molecule has 2 aromatic heterocycles. The maximum absolute atomic E-state index is 5.51. The van der Waals surface area contributed by atoms with E-state index in [-0.39, 0.29) is 0 Å². The van der Waals surface area contributed by atoms with E-state index in [0.717, 1.165) is 39.6 Å². The van der Waals surface area contributed by atoms with Crippen LogP contribution >= 0.6 is 0 Å². The number of fused-ring (bicyclic) bond motifs is 15. The van der Waals surface area contributed by atoms with Crippen molar-refractivity contribution in [3.05, 3.63) is 241 Å². The first-order valence-corrected chi connectivity index (χ1v) is 20.6. The van der Waals surface area contributed by atoms with Crippen LogP contribution in [0, 0.1) is 0 Å². The molecule has 1 atom stereocenters. The summed E-state index contributed by atoms with van der Waals surface area (Å²) in [5.41, 5.74) is 18.1. The van der Waals surface area contributed by atoms with Gasteiger partial charge in [0.1, 0.15) is 11.2 Å². The average Bonchev–Trinajstić information content (AvgIpc) is 4.04. The van der Waals surface area contributed by atoms with Crippen LogP contribution in [0.15, 0.2) is 218 Å². The molecule has 0 saturated carbocycles. The maximum Gasteiger partial charge on any atom is 0.134 e. The van der Waals surface area contributed by atoms with E-state index in [1.807, 2.05) is 0 Å². The van der Waals surface area contributed by atoms with E-state index in [1.54, 1.807) is 0 Å². The highest BCUT2D eigenvalue weighted by Crippen LogP contribution is 2.63. The normalized spacial score (nSPS) is 14.7. The Bertz CT molecular complexity index is 3490. The summed E-state index contributed by atoms with van der Waals surface area (Å²) in [7, 11) is 0. The van der Waals surface area contributed by atoms with Crippen LogP contribution in [0.2, 0.25) is 0 Å². The second-order valence-corrected chi connectivity index (χ2v) is 15.9. The molecule has 0 fully saturated rings. The van der Waals surface area contributed by atoms with Crippen molar-refractivity contribution in [2.45, 2.75) is 5.41 Å². The zero-order valence-electron chi connectivity index (χ0n) is 32.6. The van der Waals surface area contributed by atoms with Gasteiger partial charge in [0.2, 0.25) is 0 Å². The van der Waals surface area contributed by atoms with Crippen molar-refractivity contribution in [2.75, 3.05) is 4.90 Å². The predicted molar refractivity (Wildman–Crippen MR) is 246 cm³/mol. The number of anilines is 3. The lowest BCUT2D eigenvalue weighted by molar-refractivity contribution is 0.738. The van der Waals surface area contributed by atoms with Crippen LogP contribution < -0.4 is 4.90 Å². The van der Waals surface area contributed by atoms with Crippen LogP contribution in [-0.2, 0) is 5.41 Å². The maximum atomic E-state index is 5.51. The third-order valence-electron chi connectivity index (χ3n) is 12.9. The summed E-state index contributed by atoms with van der Waals surface area (Å²) in [6, 6.07) is 79.5. The second-order valence-electron chi connectivity index (χ2n) is 15.9. The van der Waals surface area contributed by atoms with E-state index < -0.39 is 5.41 Å². The van der Waals surface area contributed by atoms with E-state index in [2.05, 4.69) is 232 Å². The molecule has 0 N–H and O–H groups in total. The standard InChI is InChI=1S/C56H36N4/c1-3-16-37(17-4-1)38-30-32-40(33-31-38)58(41-34-35-50-44(36-41)42-20-8-12-26-49(42)59(50)39-18-5-2-6-19-39)53-29-15-24-47-54(53)43-21-7-9-22-45(43)56(47)46-23-10-13-27-51(46)60-52-28-14-11-25-48(52)57-55(56)60/h1-36H. The molecule has 0 amide bonds. The highest BCUT2D eigenvalue weighted by atomic mass is 15.2. The Kier molecular flexibility index (Phi) is 6.90. The number of nitrogens with zero attached hydrogens (tertiary/aromatic N) is 4. The lowest BCUT2D eigenvalue weighted by Gasteiger charge is -2.30. The van der Waals surface area contributed by atoms with Gasteiger partial charge in [0.25, 0.3) is 0 Å². The van der Waals surface area contributed by atoms with E-state index in [0.29, 0.717) is 0 Å². The molecular formula is C56H36N4. The van der Waals surface area contributed by atoms with E-state index in [1.165, 1.54) is 66.4 Å².